The fraction of sp³-hybridized carbons (Fsp3) is 0.167. The fourth-order valence-electron chi connectivity index (χ4n) is 1.01. The van der Waals surface area contributed by atoms with E-state index in [4.69, 9.17) is 11.0 Å². The van der Waals surface area contributed by atoms with E-state index in [9.17, 15) is 8.42 Å². The lowest BCUT2D eigenvalue weighted by Gasteiger charge is -2.19. The molecule has 0 atom stereocenters. The topological polar surface area (TPSA) is 126 Å². The standard InChI is InChI=1S/C6H12N6O2S/c1-12(11-10-7)6-5(15(8,13)14)3-2-4-9-6/h2-4,10-11H,7H2,1H3,(H2,8,13,14). The highest BCUT2D eigenvalue weighted by Crippen LogP contribution is 2.17. The molecule has 0 aliphatic rings. The molecule has 0 fully saturated rings. The van der Waals surface area contributed by atoms with E-state index in [-0.39, 0.29) is 10.7 Å². The van der Waals surface area contributed by atoms with Crippen molar-refractivity contribution in [2.75, 3.05) is 12.1 Å². The smallest absolute Gasteiger partial charge is 0.241 e. The molecular weight excluding hydrogens is 220 g/mol. The van der Waals surface area contributed by atoms with Gasteiger partial charge in [0.15, 0.2) is 5.82 Å². The number of hydrogen-bond donors (Lipinski definition) is 4. The molecule has 0 spiro atoms. The van der Waals surface area contributed by atoms with Crippen molar-refractivity contribution < 1.29 is 8.42 Å². The van der Waals surface area contributed by atoms with Gasteiger partial charge in [-0.15, -0.1) is 0 Å². The molecule has 0 aliphatic heterocycles. The van der Waals surface area contributed by atoms with Gasteiger partial charge in [-0.3, -0.25) is 10.9 Å². The number of nitrogens with two attached hydrogens (primary N) is 2. The first-order valence-corrected chi connectivity index (χ1v) is 5.44. The number of hydrazine groups is 3. The van der Waals surface area contributed by atoms with Crippen molar-refractivity contribution in [3.05, 3.63) is 18.3 Å². The second-order valence-corrected chi connectivity index (χ2v) is 4.22. The Kier molecular flexibility index (Phi) is 3.55. The van der Waals surface area contributed by atoms with Gasteiger partial charge in [-0.05, 0) is 12.1 Å². The quantitative estimate of drug-likeness (QED) is 0.351. The molecule has 0 saturated heterocycles. The van der Waals surface area contributed by atoms with E-state index in [0.717, 1.165) is 0 Å². The Bertz CT molecular complexity index is 433. The fourth-order valence-corrected chi connectivity index (χ4v) is 1.72. The number of anilines is 1. The van der Waals surface area contributed by atoms with Crippen LogP contribution in [0.4, 0.5) is 5.82 Å². The van der Waals surface area contributed by atoms with E-state index in [1.807, 2.05) is 0 Å². The van der Waals surface area contributed by atoms with E-state index in [0.29, 0.717) is 0 Å². The van der Waals surface area contributed by atoms with Crippen LogP contribution in [0.5, 0.6) is 0 Å². The van der Waals surface area contributed by atoms with Crippen LogP contribution in [0.25, 0.3) is 0 Å². The maximum absolute atomic E-state index is 11.2. The predicted molar refractivity (Wildman–Crippen MR) is 54.5 cm³/mol. The van der Waals surface area contributed by atoms with Gasteiger partial charge in [-0.2, -0.15) is 11.1 Å². The second kappa shape index (κ2) is 4.51. The van der Waals surface area contributed by atoms with Crippen LogP contribution < -0.4 is 27.1 Å². The Morgan fingerprint density at radius 1 is 1.53 bits per heavy atom. The number of aromatic nitrogens is 1. The molecule has 84 valence electrons. The van der Waals surface area contributed by atoms with Crippen molar-refractivity contribution in [3.63, 3.8) is 0 Å². The second-order valence-electron chi connectivity index (χ2n) is 2.69. The summed E-state index contributed by atoms with van der Waals surface area (Å²) in [5, 5.41) is 6.31. The predicted octanol–water partition coefficient (Wildman–Crippen LogP) is -1.95. The molecule has 8 nitrogen and oxygen atoms in total. The van der Waals surface area contributed by atoms with Crippen molar-refractivity contribution in [2.24, 2.45) is 11.0 Å². The summed E-state index contributed by atoms with van der Waals surface area (Å²) in [6.07, 6.45) is 1.44. The van der Waals surface area contributed by atoms with Crippen LogP contribution in [0.3, 0.4) is 0 Å². The Labute approximate surface area is 87.2 Å². The first kappa shape index (κ1) is 11.8. The number of nitrogens with zero attached hydrogens (tertiary/aromatic N) is 2. The monoisotopic (exact) mass is 232 g/mol. The lowest BCUT2D eigenvalue weighted by Crippen LogP contribution is -2.49. The minimum absolute atomic E-state index is 0.0877. The summed E-state index contributed by atoms with van der Waals surface area (Å²) < 4.78 is 22.4. The first-order chi connectivity index (χ1) is 6.96. The molecule has 0 saturated carbocycles. The summed E-state index contributed by atoms with van der Waals surface area (Å²) in [5.41, 5.74) is 4.60. The summed E-state index contributed by atoms with van der Waals surface area (Å²) >= 11 is 0. The maximum atomic E-state index is 11.2. The summed E-state index contributed by atoms with van der Waals surface area (Å²) in [7, 11) is -2.27. The third-order valence-electron chi connectivity index (χ3n) is 1.61. The zero-order valence-corrected chi connectivity index (χ0v) is 8.82. The molecule has 0 bridgehead atoms. The molecule has 1 heterocycles. The van der Waals surface area contributed by atoms with Crippen molar-refractivity contribution in [1.29, 1.82) is 0 Å². The third-order valence-corrected chi connectivity index (χ3v) is 2.54. The lowest BCUT2D eigenvalue weighted by atomic mass is 10.4. The lowest BCUT2D eigenvalue weighted by molar-refractivity contribution is 0.536. The number of nitrogens with one attached hydrogen (secondary N) is 2. The largest absolute Gasteiger partial charge is 0.279 e. The van der Waals surface area contributed by atoms with Gasteiger partial charge in [0, 0.05) is 13.2 Å². The van der Waals surface area contributed by atoms with Crippen LogP contribution >= 0.6 is 0 Å². The van der Waals surface area contributed by atoms with E-state index in [1.165, 1.54) is 30.4 Å². The van der Waals surface area contributed by atoms with Gasteiger partial charge in [0.25, 0.3) is 0 Å². The van der Waals surface area contributed by atoms with Crippen molar-refractivity contribution >= 4 is 15.8 Å². The van der Waals surface area contributed by atoms with Crippen molar-refractivity contribution in [3.8, 4) is 0 Å². The molecule has 0 unspecified atom stereocenters. The van der Waals surface area contributed by atoms with Gasteiger partial charge in [0.1, 0.15) is 4.90 Å². The molecule has 6 N–H and O–H groups in total. The van der Waals surface area contributed by atoms with Gasteiger partial charge >= 0.3 is 0 Å². The van der Waals surface area contributed by atoms with Crippen molar-refractivity contribution in [1.82, 2.24) is 16.1 Å². The molecule has 1 aromatic rings. The van der Waals surface area contributed by atoms with Gasteiger partial charge in [0.2, 0.25) is 10.0 Å². The van der Waals surface area contributed by atoms with Crippen LogP contribution in [-0.4, -0.2) is 20.4 Å². The van der Waals surface area contributed by atoms with Crippen LogP contribution in [0, 0.1) is 0 Å². The van der Waals surface area contributed by atoms with Crippen molar-refractivity contribution in [2.45, 2.75) is 4.90 Å². The summed E-state index contributed by atoms with van der Waals surface area (Å²) in [5.74, 6) is 5.17. The molecule has 0 amide bonds. The van der Waals surface area contributed by atoms with Crippen LogP contribution in [0.2, 0.25) is 0 Å². The van der Waals surface area contributed by atoms with E-state index < -0.39 is 10.0 Å². The zero-order valence-electron chi connectivity index (χ0n) is 8.01. The minimum Gasteiger partial charge on any atom is -0.279 e. The Morgan fingerprint density at radius 3 is 2.73 bits per heavy atom. The molecule has 1 aromatic heterocycles. The Morgan fingerprint density at radius 2 is 2.20 bits per heavy atom. The number of pyridine rings is 1. The first-order valence-electron chi connectivity index (χ1n) is 3.89. The summed E-state index contributed by atoms with van der Waals surface area (Å²) in [6, 6.07) is 2.83. The maximum Gasteiger partial charge on any atom is 0.241 e. The summed E-state index contributed by atoms with van der Waals surface area (Å²) in [4.78, 5) is 3.78. The highest BCUT2D eigenvalue weighted by molar-refractivity contribution is 7.89. The van der Waals surface area contributed by atoms with Gasteiger partial charge < -0.3 is 0 Å². The minimum atomic E-state index is -3.81. The molecule has 0 radical (unpaired) electrons. The molecule has 0 aromatic carbocycles. The van der Waals surface area contributed by atoms with Crippen LogP contribution in [-0.2, 0) is 10.0 Å². The van der Waals surface area contributed by atoms with Gasteiger partial charge in [-0.1, -0.05) is 0 Å². The molecule has 1 rings (SSSR count). The van der Waals surface area contributed by atoms with Crippen LogP contribution in [0.1, 0.15) is 0 Å². The SMILES string of the molecule is CN(NNN)c1ncccc1S(N)(=O)=O. The number of rotatable bonds is 4. The Hall–Kier alpha value is -1.26. The molecule has 0 aliphatic carbocycles. The molecule has 9 heteroatoms. The van der Waals surface area contributed by atoms with E-state index >= 15 is 0 Å². The molecular formula is C6H12N6O2S. The van der Waals surface area contributed by atoms with Gasteiger partial charge in [-0.25, -0.2) is 18.5 Å². The Balaban J connectivity index is 3.18. The highest BCUT2D eigenvalue weighted by atomic mass is 32.2. The van der Waals surface area contributed by atoms with Crippen LogP contribution in [0.15, 0.2) is 23.2 Å². The average Bonchev–Trinajstić information content (AvgIpc) is 2.17. The number of primary sulfonamides is 1. The number of sulfonamides is 1. The normalized spacial score (nSPS) is 11.4. The van der Waals surface area contributed by atoms with Gasteiger partial charge in [0.05, 0.1) is 0 Å². The van der Waals surface area contributed by atoms with E-state index in [1.54, 1.807) is 0 Å². The average molecular weight is 232 g/mol. The number of hydrogen-bond acceptors (Lipinski definition) is 7. The zero-order chi connectivity index (χ0) is 11.5. The highest BCUT2D eigenvalue weighted by Gasteiger charge is 2.17. The third kappa shape index (κ3) is 2.84. The molecule has 15 heavy (non-hydrogen) atoms. The van der Waals surface area contributed by atoms with E-state index in [2.05, 4.69) is 16.1 Å². The summed E-state index contributed by atoms with van der Waals surface area (Å²) in [6.45, 7) is 0.